The molecule has 0 unspecified atom stereocenters. The molecule has 4 nitrogen and oxygen atoms in total. The van der Waals surface area contributed by atoms with Gasteiger partial charge in [-0.15, -0.1) is 0 Å². The summed E-state index contributed by atoms with van der Waals surface area (Å²) in [6.07, 6.45) is 5.74. The molecule has 0 saturated heterocycles. The monoisotopic (exact) mass is 239 g/mol. The van der Waals surface area contributed by atoms with Crippen LogP contribution in [0.4, 0.5) is 5.69 Å². The van der Waals surface area contributed by atoms with Gasteiger partial charge in [-0.05, 0) is 37.0 Å². The number of nitrogen functional groups attached to an aromatic ring is 1. The van der Waals surface area contributed by atoms with E-state index in [-0.39, 0.29) is 5.91 Å². The van der Waals surface area contributed by atoms with Gasteiger partial charge >= 0.3 is 0 Å². The predicted molar refractivity (Wildman–Crippen MR) is 68.6 cm³/mol. The minimum atomic E-state index is -0.192. The number of carbonyl (C=O) groups is 1. The van der Waals surface area contributed by atoms with E-state index in [2.05, 4.69) is 16.6 Å². The second-order valence-electron chi connectivity index (χ2n) is 3.40. The zero-order valence-corrected chi connectivity index (χ0v) is 10.2. The highest BCUT2D eigenvalue weighted by molar-refractivity contribution is 7.98. The third-order valence-corrected chi connectivity index (χ3v) is 2.81. The lowest BCUT2D eigenvalue weighted by atomic mass is 10.2. The van der Waals surface area contributed by atoms with Crippen LogP contribution >= 0.6 is 11.8 Å². The van der Waals surface area contributed by atoms with Gasteiger partial charge in [0.15, 0.2) is 5.69 Å². The van der Waals surface area contributed by atoms with Crippen molar-refractivity contribution in [3.8, 4) is 0 Å². The molecule has 0 saturated carbocycles. The van der Waals surface area contributed by atoms with Gasteiger partial charge in [0.05, 0.1) is 5.69 Å². The average Bonchev–Trinajstić information content (AvgIpc) is 2.29. The number of hydrogen-bond donors (Lipinski definition) is 2. The number of aromatic nitrogens is 1. The van der Waals surface area contributed by atoms with Crippen LogP contribution in [0.3, 0.4) is 0 Å². The van der Waals surface area contributed by atoms with Gasteiger partial charge in [0.2, 0.25) is 0 Å². The lowest BCUT2D eigenvalue weighted by molar-refractivity contribution is 0.0949. The predicted octanol–water partition coefficient (Wildman–Crippen LogP) is 1.54. The van der Waals surface area contributed by atoms with Crippen LogP contribution in [0.15, 0.2) is 18.3 Å². The van der Waals surface area contributed by atoms with E-state index in [1.54, 1.807) is 18.3 Å². The number of carbonyl (C=O) groups excluding carboxylic acids is 1. The molecule has 5 heteroatoms. The maximum Gasteiger partial charge on any atom is 0.272 e. The molecule has 0 aliphatic carbocycles. The van der Waals surface area contributed by atoms with Crippen molar-refractivity contribution >= 4 is 23.4 Å². The smallest absolute Gasteiger partial charge is 0.272 e. The Balaban J connectivity index is 2.33. The van der Waals surface area contributed by atoms with Gasteiger partial charge in [-0.3, -0.25) is 4.79 Å². The van der Waals surface area contributed by atoms with Gasteiger partial charge in [-0.2, -0.15) is 11.8 Å². The summed E-state index contributed by atoms with van der Waals surface area (Å²) in [5.74, 6) is 0.934. The van der Waals surface area contributed by atoms with E-state index in [4.69, 9.17) is 5.73 Å². The molecular formula is C11H17N3OS. The second kappa shape index (κ2) is 7.11. The Morgan fingerprint density at radius 3 is 3.06 bits per heavy atom. The van der Waals surface area contributed by atoms with Gasteiger partial charge in [0.1, 0.15) is 0 Å². The van der Waals surface area contributed by atoms with Crippen molar-refractivity contribution < 1.29 is 4.79 Å². The molecule has 0 spiro atoms. The summed E-state index contributed by atoms with van der Waals surface area (Å²) < 4.78 is 0. The van der Waals surface area contributed by atoms with Crippen LogP contribution in [0.5, 0.6) is 0 Å². The highest BCUT2D eigenvalue weighted by Gasteiger charge is 2.09. The van der Waals surface area contributed by atoms with Crippen LogP contribution in [-0.2, 0) is 0 Å². The van der Waals surface area contributed by atoms with Gasteiger partial charge in [0, 0.05) is 12.7 Å². The summed E-state index contributed by atoms with van der Waals surface area (Å²) >= 11 is 1.81. The number of hydrogen-bond acceptors (Lipinski definition) is 4. The van der Waals surface area contributed by atoms with E-state index < -0.39 is 0 Å². The number of nitrogens with one attached hydrogen (secondary N) is 1. The lowest BCUT2D eigenvalue weighted by Crippen LogP contribution is -2.26. The fourth-order valence-electron chi connectivity index (χ4n) is 1.26. The third-order valence-electron chi connectivity index (χ3n) is 2.11. The van der Waals surface area contributed by atoms with Crippen molar-refractivity contribution in [2.45, 2.75) is 12.8 Å². The Hall–Kier alpha value is -1.23. The van der Waals surface area contributed by atoms with Crippen LogP contribution < -0.4 is 11.1 Å². The molecular weight excluding hydrogens is 222 g/mol. The SMILES string of the molecule is CSCCCCNC(=O)c1ncccc1N. The van der Waals surface area contributed by atoms with Crippen molar-refractivity contribution in [1.82, 2.24) is 10.3 Å². The quantitative estimate of drug-likeness (QED) is 0.739. The highest BCUT2D eigenvalue weighted by atomic mass is 32.2. The van der Waals surface area contributed by atoms with Gasteiger partial charge < -0.3 is 11.1 Å². The second-order valence-corrected chi connectivity index (χ2v) is 4.38. The summed E-state index contributed by atoms with van der Waals surface area (Å²) in [6.45, 7) is 0.676. The van der Waals surface area contributed by atoms with Crippen molar-refractivity contribution in [1.29, 1.82) is 0 Å². The van der Waals surface area contributed by atoms with Crippen LogP contribution in [-0.4, -0.2) is 29.4 Å². The molecule has 1 aromatic rings. The third kappa shape index (κ3) is 4.10. The standard InChI is InChI=1S/C11H17N3OS/c1-16-8-3-2-6-14-11(15)10-9(12)5-4-7-13-10/h4-5,7H,2-3,6,8,12H2,1H3,(H,14,15). The molecule has 0 fully saturated rings. The first-order chi connectivity index (χ1) is 7.75. The highest BCUT2D eigenvalue weighted by Crippen LogP contribution is 2.06. The zero-order valence-electron chi connectivity index (χ0n) is 9.40. The fourth-order valence-corrected chi connectivity index (χ4v) is 1.76. The topological polar surface area (TPSA) is 68.0 Å². The van der Waals surface area contributed by atoms with E-state index in [9.17, 15) is 4.79 Å². The number of amides is 1. The Labute approximate surface area is 100 Å². The van der Waals surface area contributed by atoms with E-state index >= 15 is 0 Å². The first kappa shape index (κ1) is 12.8. The van der Waals surface area contributed by atoms with Gasteiger partial charge in [-0.25, -0.2) is 4.98 Å². The normalized spacial score (nSPS) is 10.1. The van der Waals surface area contributed by atoms with E-state index in [0.717, 1.165) is 18.6 Å². The molecule has 1 amide bonds. The number of thioether (sulfide) groups is 1. The number of pyridine rings is 1. The van der Waals surface area contributed by atoms with Crippen LogP contribution in [0, 0.1) is 0 Å². The number of nitrogens with two attached hydrogens (primary N) is 1. The van der Waals surface area contributed by atoms with E-state index in [1.165, 1.54) is 0 Å². The largest absolute Gasteiger partial charge is 0.397 e. The lowest BCUT2D eigenvalue weighted by Gasteiger charge is -2.05. The average molecular weight is 239 g/mol. The number of nitrogens with zero attached hydrogens (tertiary/aromatic N) is 1. The van der Waals surface area contributed by atoms with Crippen LogP contribution in [0.25, 0.3) is 0 Å². The molecule has 0 aliphatic heterocycles. The van der Waals surface area contributed by atoms with Crippen molar-refractivity contribution in [2.75, 3.05) is 24.3 Å². The Morgan fingerprint density at radius 2 is 2.38 bits per heavy atom. The molecule has 88 valence electrons. The van der Waals surface area contributed by atoms with Crippen molar-refractivity contribution in [2.24, 2.45) is 0 Å². The first-order valence-corrected chi connectivity index (χ1v) is 6.62. The molecule has 0 atom stereocenters. The molecule has 1 rings (SSSR count). The summed E-state index contributed by atoms with van der Waals surface area (Å²) in [7, 11) is 0. The minimum Gasteiger partial charge on any atom is -0.397 e. The molecule has 0 radical (unpaired) electrons. The maximum atomic E-state index is 11.6. The number of rotatable bonds is 6. The molecule has 1 aromatic heterocycles. The molecule has 0 aliphatic rings. The van der Waals surface area contributed by atoms with Crippen LogP contribution in [0.2, 0.25) is 0 Å². The first-order valence-electron chi connectivity index (χ1n) is 5.23. The van der Waals surface area contributed by atoms with E-state index in [1.807, 2.05) is 11.8 Å². The van der Waals surface area contributed by atoms with Crippen molar-refractivity contribution in [3.05, 3.63) is 24.0 Å². The number of unbranched alkanes of at least 4 members (excludes halogenated alkanes) is 1. The molecule has 0 aromatic carbocycles. The van der Waals surface area contributed by atoms with Crippen molar-refractivity contribution in [3.63, 3.8) is 0 Å². The van der Waals surface area contributed by atoms with Crippen LogP contribution in [0.1, 0.15) is 23.3 Å². The number of anilines is 1. The maximum absolute atomic E-state index is 11.6. The Morgan fingerprint density at radius 1 is 1.56 bits per heavy atom. The summed E-state index contributed by atoms with van der Waals surface area (Å²) in [6, 6.07) is 3.39. The summed E-state index contributed by atoms with van der Waals surface area (Å²) in [5.41, 5.74) is 6.38. The Bertz CT molecular complexity index is 344. The minimum absolute atomic E-state index is 0.192. The summed E-state index contributed by atoms with van der Waals surface area (Å²) in [5, 5.41) is 2.81. The Kier molecular flexibility index (Phi) is 5.71. The zero-order chi connectivity index (χ0) is 11.8. The molecule has 3 N–H and O–H groups in total. The van der Waals surface area contributed by atoms with E-state index in [0.29, 0.717) is 17.9 Å². The fraction of sp³-hybridized carbons (Fsp3) is 0.455. The van der Waals surface area contributed by atoms with Gasteiger partial charge in [-0.1, -0.05) is 0 Å². The molecule has 16 heavy (non-hydrogen) atoms. The van der Waals surface area contributed by atoms with Gasteiger partial charge in [0.25, 0.3) is 5.91 Å². The molecule has 0 bridgehead atoms. The molecule has 1 heterocycles. The summed E-state index contributed by atoms with van der Waals surface area (Å²) in [4.78, 5) is 15.6.